The summed E-state index contributed by atoms with van der Waals surface area (Å²) >= 11 is 0. The maximum Gasteiger partial charge on any atom is 0.331 e. The van der Waals surface area contributed by atoms with Gasteiger partial charge in [-0.15, -0.1) is 0 Å². The topological polar surface area (TPSA) is 69.8 Å². The highest BCUT2D eigenvalue weighted by Gasteiger charge is 2.66. The van der Waals surface area contributed by atoms with Crippen molar-refractivity contribution in [1.82, 2.24) is 0 Å². The van der Waals surface area contributed by atoms with Gasteiger partial charge in [-0.25, -0.2) is 4.79 Å². The summed E-state index contributed by atoms with van der Waals surface area (Å²) in [5.41, 5.74) is 2.00. The Bertz CT molecular complexity index is 878. The molecule has 1 aliphatic carbocycles. The number of esters is 1. The van der Waals surface area contributed by atoms with Crippen LogP contribution in [0.5, 0.6) is 5.75 Å². The molecule has 0 N–H and O–H groups in total. The summed E-state index contributed by atoms with van der Waals surface area (Å²) < 4.78 is 29.3. The molecule has 6 heteroatoms. The lowest BCUT2D eigenvalue weighted by atomic mass is 9.73. The van der Waals surface area contributed by atoms with Crippen LogP contribution in [-0.4, -0.2) is 55.8 Å². The van der Waals surface area contributed by atoms with E-state index >= 15 is 0 Å². The van der Waals surface area contributed by atoms with Gasteiger partial charge in [0.25, 0.3) is 0 Å². The fourth-order valence-electron chi connectivity index (χ4n) is 4.88. The van der Waals surface area contributed by atoms with Gasteiger partial charge < -0.3 is 23.7 Å². The van der Waals surface area contributed by atoms with Gasteiger partial charge >= 0.3 is 5.97 Å². The molecule has 3 fully saturated rings. The van der Waals surface area contributed by atoms with Crippen molar-refractivity contribution >= 4 is 12.0 Å². The molecular formula is C27H36O6. The van der Waals surface area contributed by atoms with E-state index in [4.69, 9.17) is 23.7 Å². The van der Waals surface area contributed by atoms with E-state index in [1.807, 2.05) is 38.1 Å². The molecule has 0 bridgehead atoms. The van der Waals surface area contributed by atoms with E-state index in [1.165, 1.54) is 11.6 Å². The molecular weight excluding hydrogens is 420 g/mol. The average Bonchev–Trinajstić information content (AvgIpc) is 3.70. The number of rotatable bonds is 9. The maximum atomic E-state index is 12.6. The second-order valence-corrected chi connectivity index (χ2v) is 9.82. The highest BCUT2D eigenvalue weighted by atomic mass is 16.6. The van der Waals surface area contributed by atoms with Crippen molar-refractivity contribution in [2.75, 3.05) is 13.7 Å². The van der Waals surface area contributed by atoms with Gasteiger partial charge in [-0.3, -0.25) is 0 Å². The number of ether oxygens (including phenoxy) is 5. The summed E-state index contributed by atoms with van der Waals surface area (Å²) in [4.78, 5) is 12.6. The van der Waals surface area contributed by atoms with Gasteiger partial charge in [-0.2, -0.15) is 0 Å². The summed E-state index contributed by atoms with van der Waals surface area (Å²) in [6.45, 7) is 8.89. The fraction of sp³-hybridized carbons (Fsp3) is 0.593. The molecule has 0 radical (unpaired) electrons. The zero-order chi connectivity index (χ0) is 23.6. The third-order valence-electron chi connectivity index (χ3n) is 6.63. The summed E-state index contributed by atoms with van der Waals surface area (Å²) in [6.07, 6.45) is 7.74. The van der Waals surface area contributed by atoms with Crippen molar-refractivity contribution in [2.24, 2.45) is 5.92 Å². The molecule has 1 saturated carbocycles. The third kappa shape index (κ3) is 5.86. The molecule has 2 aliphatic heterocycles. The Morgan fingerprint density at radius 1 is 1.24 bits per heavy atom. The van der Waals surface area contributed by atoms with Gasteiger partial charge in [-0.1, -0.05) is 23.8 Å². The number of hydrogen-bond acceptors (Lipinski definition) is 6. The van der Waals surface area contributed by atoms with Crippen LogP contribution in [0.25, 0.3) is 6.08 Å². The SMILES string of the molecule is CO[C@H]1C([C@@H]2OC2CC=C(C)C)[C@]2(CC[C@H]1OC(=O)/C=C/c1ccc(OC(C)C)cc1)CO2. The Morgan fingerprint density at radius 3 is 2.58 bits per heavy atom. The average molecular weight is 457 g/mol. The van der Waals surface area contributed by atoms with Crippen molar-refractivity contribution in [3.8, 4) is 5.75 Å². The lowest BCUT2D eigenvalue weighted by Gasteiger charge is -2.39. The van der Waals surface area contributed by atoms with Crippen LogP contribution in [-0.2, 0) is 23.7 Å². The minimum Gasteiger partial charge on any atom is -0.491 e. The lowest BCUT2D eigenvalue weighted by molar-refractivity contribution is -0.163. The molecule has 2 saturated heterocycles. The smallest absolute Gasteiger partial charge is 0.331 e. The van der Waals surface area contributed by atoms with Crippen molar-refractivity contribution in [1.29, 1.82) is 0 Å². The van der Waals surface area contributed by atoms with Gasteiger partial charge in [0, 0.05) is 19.1 Å². The molecule has 6 atom stereocenters. The quantitative estimate of drug-likeness (QED) is 0.232. The van der Waals surface area contributed by atoms with Crippen LogP contribution < -0.4 is 4.74 Å². The molecule has 4 rings (SSSR count). The fourth-order valence-corrected chi connectivity index (χ4v) is 4.88. The number of methoxy groups -OCH3 is 1. The van der Waals surface area contributed by atoms with E-state index in [9.17, 15) is 4.79 Å². The molecule has 1 aromatic rings. The largest absolute Gasteiger partial charge is 0.491 e. The molecule has 0 amide bonds. The molecule has 1 spiro atoms. The molecule has 2 unspecified atom stereocenters. The van der Waals surface area contributed by atoms with Crippen LogP contribution in [0.15, 0.2) is 42.0 Å². The van der Waals surface area contributed by atoms with E-state index in [0.717, 1.165) is 37.2 Å². The Labute approximate surface area is 196 Å². The highest BCUT2D eigenvalue weighted by molar-refractivity contribution is 5.87. The minimum atomic E-state index is -0.367. The van der Waals surface area contributed by atoms with Crippen molar-refractivity contribution in [2.45, 2.75) is 83.1 Å². The van der Waals surface area contributed by atoms with E-state index in [0.29, 0.717) is 0 Å². The Hall–Kier alpha value is -2.15. The number of hydrogen-bond donors (Lipinski definition) is 0. The number of carbonyl (C=O) groups is 1. The van der Waals surface area contributed by atoms with Crippen molar-refractivity contribution in [3.05, 3.63) is 47.6 Å². The summed E-state index contributed by atoms with van der Waals surface area (Å²) in [7, 11) is 1.68. The van der Waals surface area contributed by atoms with Gasteiger partial charge in [0.15, 0.2) is 0 Å². The predicted molar refractivity (Wildman–Crippen MR) is 126 cm³/mol. The second-order valence-electron chi connectivity index (χ2n) is 9.82. The van der Waals surface area contributed by atoms with Gasteiger partial charge in [0.05, 0.1) is 30.5 Å². The zero-order valence-electron chi connectivity index (χ0n) is 20.3. The zero-order valence-corrected chi connectivity index (χ0v) is 20.3. The van der Waals surface area contributed by atoms with E-state index < -0.39 is 0 Å². The van der Waals surface area contributed by atoms with Crippen LogP contribution in [0.2, 0.25) is 0 Å². The van der Waals surface area contributed by atoms with Crippen LogP contribution >= 0.6 is 0 Å². The molecule has 2 heterocycles. The minimum absolute atomic E-state index is 0.0714. The monoisotopic (exact) mass is 456 g/mol. The standard InChI is InChI=1S/C27H36O6/c1-17(2)6-12-21-26(33-21)24-25(29-5)22(14-15-27(24)16-30-27)32-23(28)13-9-19-7-10-20(11-8-19)31-18(3)4/h6-11,13,18,21-22,24-26H,12,14-16H2,1-5H3/b13-9+/t21?,22-,24?,25-,26-,27+/m1/s1. The van der Waals surface area contributed by atoms with Gasteiger partial charge in [0.2, 0.25) is 0 Å². The van der Waals surface area contributed by atoms with E-state index in [2.05, 4.69) is 19.9 Å². The van der Waals surface area contributed by atoms with Crippen LogP contribution in [0.4, 0.5) is 0 Å². The Balaban J connectivity index is 1.37. The molecule has 33 heavy (non-hydrogen) atoms. The number of allylic oxidation sites excluding steroid dienone is 1. The van der Waals surface area contributed by atoms with Gasteiger partial charge in [0.1, 0.15) is 18.0 Å². The number of epoxide rings is 2. The number of benzene rings is 1. The molecule has 0 aromatic heterocycles. The first-order valence-corrected chi connectivity index (χ1v) is 11.9. The van der Waals surface area contributed by atoms with Crippen LogP contribution in [0.1, 0.15) is 52.5 Å². The first-order valence-electron chi connectivity index (χ1n) is 11.9. The summed E-state index contributed by atoms with van der Waals surface area (Å²) in [6, 6.07) is 7.63. The molecule has 3 aliphatic rings. The summed E-state index contributed by atoms with van der Waals surface area (Å²) in [5.74, 6) is 0.512. The Morgan fingerprint density at radius 2 is 1.97 bits per heavy atom. The first-order chi connectivity index (χ1) is 15.8. The highest BCUT2D eigenvalue weighted by Crippen LogP contribution is 2.54. The normalized spacial score (nSPS) is 32.7. The lowest BCUT2D eigenvalue weighted by Crippen LogP contribution is -2.52. The summed E-state index contributed by atoms with van der Waals surface area (Å²) in [5, 5.41) is 0. The first kappa shape index (κ1) is 24.0. The van der Waals surface area contributed by atoms with Crippen LogP contribution in [0.3, 0.4) is 0 Å². The molecule has 6 nitrogen and oxygen atoms in total. The van der Waals surface area contributed by atoms with Crippen LogP contribution in [0, 0.1) is 5.92 Å². The van der Waals surface area contributed by atoms with Crippen molar-refractivity contribution in [3.63, 3.8) is 0 Å². The van der Waals surface area contributed by atoms with Crippen molar-refractivity contribution < 1.29 is 28.5 Å². The Kier molecular flexibility index (Phi) is 7.27. The third-order valence-corrected chi connectivity index (χ3v) is 6.63. The maximum absolute atomic E-state index is 12.6. The molecule has 1 aromatic carbocycles. The molecule has 180 valence electrons. The predicted octanol–water partition coefficient (Wildman–Crippen LogP) is 4.72. The number of carbonyl (C=O) groups excluding carboxylic acids is 1. The van der Waals surface area contributed by atoms with E-state index in [1.54, 1.807) is 13.2 Å². The van der Waals surface area contributed by atoms with Gasteiger partial charge in [-0.05, 0) is 70.7 Å². The van der Waals surface area contributed by atoms with E-state index in [-0.39, 0.29) is 48.0 Å². The second kappa shape index (κ2) is 10.00.